The number of fused-ring (bicyclic) bond motifs is 1. The van der Waals surface area contributed by atoms with Gasteiger partial charge < -0.3 is 14.6 Å². The summed E-state index contributed by atoms with van der Waals surface area (Å²) in [4.78, 5) is 29.8. The molecule has 0 bridgehead atoms. The minimum atomic E-state index is -0.0657. The molecule has 0 spiro atoms. The van der Waals surface area contributed by atoms with Crippen molar-refractivity contribution in [1.29, 1.82) is 0 Å². The zero-order chi connectivity index (χ0) is 19.5. The van der Waals surface area contributed by atoms with Crippen molar-refractivity contribution in [3.05, 3.63) is 64.6 Å². The van der Waals surface area contributed by atoms with Crippen LogP contribution in [0, 0.1) is 0 Å². The van der Waals surface area contributed by atoms with Gasteiger partial charge in [-0.15, -0.1) is 0 Å². The highest BCUT2D eigenvalue weighted by Crippen LogP contribution is 2.25. The van der Waals surface area contributed by atoms with Crippen LogP contribution in [0.25, 0.3) is 11.0 Å². The summed E-state index contributed by atoms with van der Waals surface area (Å²) < 4.78 is 7.09. The Bertz CT molecular complexity index is 1030. The van der Waals surface area contributed by atoms with Crippen LogP contribution in [-0.2, 0) is 11.2 Å². The minimum absolute atomic E-state index is 0.0657. The summed E-state index contributed by atoms with van der Waals surface area (Å²) in [6.07, 6.45) is 2.79. The number of likely N-dealkylation sites (tertiary alicyclic amines) is 1. The molecule has 2 aromatic carbocycles. The Kier molecular flexibility index (Phi) is 5.19. The van der Waals surface area contributed by atoms with Gasteiger partial charge in [0.2, 0.25) is 5.91 Å². The number of hydrogen-bond acceptors (Lipinski definition) is 3. The average molecular weight is 379 g/mol. The predicted molar refractivity (Wildman–Crippen MR) is 109 cm³/mol. The van der Waals surface area contributed by atoms with Crippen LogP contribution in [0.1, 0.15) is 30.9 Å². The van der Waals surface area contributed by atoms with Crippen LogP contribution in [0.15, 0.2) is 53.3 Å². The van der Waals surface area contributed by atoms with Gasteiger partial charge >= 0.3 is 5.69 Å². The standard InChI is InChI=1S/C22H25N3O3/c1-28-18-6-4-5-16(15-18)9-10-21(26)24-13-11-17(12-14-24)25-20-8-3-2-7-19(20)23-22(25)27/h2-8,15,17H,9-14H2,1H3,(H,23,27). The fourth-order valence-corrected chi connectivity index (χ4v) is 4.05. The van der Waals surface area contributed by atoms with Crippen LogP contribution < -0.4 is 10.4 Å². The number of rotatable bonds is 5. The largest absolute Gasteiger partial charge is 0.497 e. The summed E-state index contributed by atoms with van der Waals surface area (Å²) in [7, 11) is 1.65. The summed E-state index contributed by atoms with van der Waals surface area (Å²) in [6.45, 7) is 1.38. The second-order valence-corrected chi connectivity index (χ2v) is 7.28. The van der Waals surface area contributed by atoms with E-state index < -0.39 is 0 Å². The molecule has 1 aliphatic heterocycles. The lowest BCUT2D eigenvalue weighted by molar-refractivity contribution is -0.132. The monoisotopic (exact) mass is 379 g/mol. The van der Waals surface area contributed by atoms with Crippen molar-refractivity contribution in [1.82, 2.24) is 14.5 Å². The Morgan fingerprint density at radius 3 is 2.71 bits per heavy atom. The number of nitrogens with one attached hydrogen (secondary N) is 1. The first-order valence-electron chi connectivity index (χ1n) is 9.75. The Labute approximate surface area is 163 Å². The van der Waals surface area contributed by atoms with Gasteiger partial charge in [-0.2, -0.15) is 0 Å². The number of para-hydroxylation sites is 2. The first-order chi connectivity index (χ1) is 13.7. The number of aromatic nitrogens is 2. The molecule has 3 aromatic rings. The molecular weight excluding hydrogens is 354 g/mol. The van der Waals surface area contributed by atoms with Gasteiger partial charge in [0.25, 0.3) is 0 Å². The van der Waals surface area contributed by atoms with E-state index in [1.807, 2.05) is 58.0 Å². The number of methoxy groups -OCH3 is 1. The summed E-state index contributed by atoms with van der Waals surface area (Å²) in [5.41, 5.74) is 2.84. The van der Waals surface area contributed by atoms with E-state index in [4.69, 9.17) is 4.74 Å². The van der Waals surface area contributed by atoms with Gasteiger partial charge in [-0.1, -0.05) is 24.3 Å². The minimum Gasteiger partial charge on any atom is -0.497 e. The molecule has 1 aliphatic rings. The Morgan fingerprint density at radius 2 is 1.93 bits per heavy atom. The van der Waals surface area contributed by atoms with Crippen molar-refractivity contribution in [3.63, 3.8) is 0 Å². The third-order valence-corrected chi connectivity index (χ3v) is 5.57. The second kappa shape index (κ2) is 7.92. The molecule has 1 fully saturated rings. The number of nitrogens with zero attached hydrogens (tertiary/aromatic N) is 2. The summed E-state index contributed by atoms with van der Waals surface area (Å²) in [6, 6.07) is 15.7. The SMILES string of the molecule is COc1cccc(CCC(=O)N2CCC(n3c(=O)[nH]c4ccccc43)CC2)c1. The third kappa shape index (κ3) is 3.67. The van der Waals surface area contributed by atoms with Gasteiger partial charge in [0, 0.05) is 25.6 Å². The molecule has 0 aliphatic carbocycles. The molecule has 6 nitrogen and oxygen atoms in total. The van der Waals surface area contributed by atoms with E-state index in [0.717, 1.165) is 35.2 Å². The number of ether oxygens (including phenoxy) is 1. The molecule has 0 radical (unpaired) electrons. The summed E-state index contributed by atoms with van der Waals surface area (Å²) in [5.74, 6) is 0.988. The van der Waals surface area contributed by atoms with E-state index in [9.17, 15) is 9.59 Å². The number of benzene rings is 2. The number of piperidine rings is 1. The number of amides is 1. The van der Waals surface area contributed by atoms with Crippen LogP contribution in [0.3, 0.4) is 0 Å². The molecule has 28 heavy (non-hydrogen) atoms. The summed E-state index contributed by atoms with van der Waals surface area (Å²) in [5, 5.41) is 0. The van der Waals surface area contributed by atoms with Crippen molar-refractivity contribution in [2.45, 2.75) is 31.7 Å². The fraction of sp³-hybridized carbons (Fsp3) is 0.364. The molecule has 0 atom stereocenters. The highest BCUT2D eigenvalue weighted by atomic mass is 16.5. The maximum atomic E-state index is 12.6. The molecule has 1 N–H and O–H groups in total. The first-order valence-corrected chi connectivity index (χ1v) is 9.75. The summed E-state index contributed by atoms with van der Waals surface area (Å²) >= 11 is 0. The molecule has 1 amide bonds. The zero-order valence-corrected chi connectivity index (χ0v) is 16.1. The van der Waals surface area contributed by atoms with E-state index in [1.165, 1.54) is 0 Å². The van der Waals surface area contributed by atoms with Crippen LogP contribution >= 0.6 is 0 Å². The maximum absolute atomic E-state index is 12.6. The van der Waals surface area contributed by atoms with Crippen LogP contribution in [0.4, 0.5) is 0 Å². The first kappa shape index (κ1) is 18.3. The molecule has 6 heteroatoms. The number of imidazole rings is 1. The lowest BCUT2D eigenvalue weighted by Gasteiger charge is -2.32. The van der Waals surface area contributed by atoms with Gasteiger partial charge in [-0.3, -0.25) is 9.36 Å². The quantitative estimate of drug-likeness (QED) is 0.741. The number of hydrogen-bond donors (Lipinski definition) is 1. The van der Waals surface area contributed by atoms with E-state index in [1.54, 1.807) is 7.11 Å². The van der Waals surface area contributed by atoms with Gasteiger partial charge in [0.15, 0.2) is 0 Å². The van der Waals surface area contributed by atoms with E-state index in [2.05, 4.69) is 4.98 Å². The predicted octanol–water partition coefficient (Wildman–Crippen LogP) is 3.13. The van der Waals surface area contributed by atoms with Gasteiger partial charge in [0.05, 0.1) is 18.1 Å². The topological polar surface area (TPSA) is 67.3 Å². The molecule has 0 unspecified atom stereocenters. The maximum Gasteiger partial charge on any atom is 0.326 e. The van der Waals surface area contributed by atoms with E-state index in [0.29, 0.717) is 25.9 Å². The van der Waals surface area contributed by atoms with Crippen molar-refractivity contribution in [2.24, 2.45) is 0 Å². The van der Waals surface area contributed by atoms with E-state index >= 15 is 0 Å². The van der Waals surface area contributed by atoms with Gasteiger partial charge in [-0.25, -0.2) is 4.79 Å². The molecule has 2 heterocycles. The smallest absolute Gasteiger partial charge is 0.326 e. The number of H-pyrrole nitrogens is 1. The molecular formula is C22H25N3O3. The van der Waals surface area contributed by atoms with E-state index in [-0.39, 0.29) is 17.6 Å². The fourth-order valence-electron chi connectivity index (χ4n) is 4.05. The lowest BCUT2D eigenvalue weighted by atomic mass is 10.0. The number of aryl methyl sites for hydroxylation is 1. The highest BCUT2D eigenvalue weighted by molar-refractivity contribution is 5.77. The highest BCUT2D eigenvalue weighted by Gasteiger charge is 2.25. The van der Waals surface area contributed by atoms with Crippen molar-refractivity contribution >= 4 is 16.9 Å². The van der Waals surface area contributed by atoms with Crippen LogP contribution in [0.2, 0.25) is 0 Å². The molecule has 0 saturated carbocycles. The number of carbonyl (C=O) groups is 1. The van der Waals surface area contributed by atoms with Crippen molar-refractivity contribution in [3.8, 4) is 5.75 Å². The van der Waals surface area contributed by atoms with Gasteiger partial charge in [0.1, 0.15) is 5.75 Å². The molecule has 1 saturated heterocycles. The van der Waals surface area contributed by atoms with Crippen LogP contribution in [0.5, 0.6) is 5.75 Å². The molecule has 4 rings (SSSR count). The Morgan fingerprint density at radius 1 is 1.14 bits per heavy atom. The average Bonchev–Trinajstić information content (AvgIpc) is 3.08. The van der Waals surface area contributed by atoms with Gasteiger partial charge in [-0.05, 0) is 49.1 Å². The number of carbonyl (C=O) groups excluding carboxylic acids is 1. The normalized spacial score (nSPS) is 15.1. The molecule has 1 aromatic heterocycles. The van der Waals surface area contributed by atoms with Crippen LogP contribution in [-0.4, -0.2) is 40.6 Å². The van der Waals surface area contributed by atoms with Crippen molar-refractivity contribution < 1.29 is 9.53 Å². The number of aromatic amines is 1. The Hall–Kier alpha value is -3.02. The lowest BCUT2D eigenvalue weighted by Crippen LogP contribution is -2.40. The zero-order valence-electron chi connectivity index (χ0n) is 16.1. The third-order valence-electron chi connectivity index (χ3n) is 5.57. The van der Waals surface area contributed by atoms with Crippen molar-refractivity contribution in [2.75, 3.05) is 20.2 Å². The molecule has 146 valence electrons. The second-order valence-electron chi connectivity index (χ2n) is 7.28. The Balaban J connectivity index is 1.36.